The van der Waals surface area contributed by atoms with E-state index in [0.29, 0.717) is 0 Å². The maximum atomic E-state index is 13.4. The Morgan fingerprint density at radius 2 is 0.581 bits per heavy atom. The molecular formula is C38H35O2P2Pd. The van der Waals surface area contributed by atoms with E-state index in [-0.39, 0.29) is 4.89 Å². The number of carbonyl (C=O) groups is 1. The Labute approximate surface area is 260 Å². The third kappa shape index (κ3) is 5.45. The molecule has 0 fully saturated rings. The van der Waals surface area contributed by atoms with E-state index in [9.17, 15) is 9.90 Å². The zero-order valence-corrected chi connectivity index (χ0v) is 27.3. The average molecular weight is 692 g/mol. The Balaban J connectivity index is 1.88. The molecule has 0 aliphatic carbocycles. The van der Waals surface area contributed by atoms with Crippen LogP contribution in [0, 0.1) is 0 Å². The second kappa shape index (κ2) is 13.3. The second-order valence-electron chi connectivity index (χ2n) is 10.2. The standard InChI is InChI=1S/2C18H15P.C2H3O2.Pd/c2*1-4-10-16(11-5-1)19(17-12-6-2-7-13-17)18-14-8-3-9-15-18;1-2(3)4;/h2*1-15H;1H2,(H,3,4);/q;;;-2/p+2. The first-order valence-electron chi connectivity index (χ1n) is 14.3. The molecule has 0 heterocycles. The fourth-order valence-electron chi connectivity index (χ4n) is 6.05. The quantitative estimate of drug-likeness (QED) is 0.134. The Kier molecular flexibility index (Phi) is 9.09. The number of hydrogen-bond acceptors (Lipinski definition) is 1. The molecule has 0 aromatic heterocycles. The van der Waals surface area contributed by atoms with Gasteiger partial charge in [-0.05, 0) is 0 Å². The molecule has 219 valence electrons. The van der Waals surface area contributed by atoms with Gasteiger partial charge in [0.05, 0.1) is 0 Å². The van der Waals surface area contributed by atoms with Gasteiger partial charge < -0.3 is 0 Å². The summed E-state index contributed by atoms with van der Waals surface area (Å²) >= 11 is -2.11. The van der Waals surface area contributed by atoms with Crippen molar-refractivity contribution in [2.75, 3.05) is 0 Å². The van der Waals surface area contributed by atoms with Crippen molar-refractivity contribution >= 4 is 48.7 Å². The average Bonchev–Trinajstić information content (AvgIpc) is 3.08. The normalized spacial score (nSPS) is 12.7. The summed E-state index contributed by atoms with van der Waals surface area (Å²) in [6.07, 6.45) is 0. The van der Waals surface area contributed by atoms with Crippen molar-refractivity contribution in [3.8, 4) is 0 Å². The van der Waals surface area contributed by atoms with Crippen molar-refractivity contribution in [2.24, 2.45) is 0 Å². The van der Waals surface area contributed by atoms with E-state index < -0.39 is 32.6 Å². The number of benzene rings is 6. The molecule has 1 N–H and O–H groups in total. The predicted molar refractivity (Wildman–Crippen MR) is 186 cm³/mol. The van der Waals surface area contributed by atoms with Crippen LogP contribution in [0.25, 0.3) is 0 Å². The zero-order valence-electron chi connectivity index (χ0n) is 23.7. The van der Waals surface area contributed by atoms with E-state index in [1.165, 1.54) is 31.8 Å². The van der Waals surface area contributed by atoms with Crippen LogP contribution < -0.4 is 31.8 Å². The van der Waals surface area contributed by atoms with Gasteiger partial charge in [-0.2, -0.15) is 0 Å². The van der Waals surface area contributed by atoms with Crippen LogP contribution in [-0.2, 0) is 20.6 Å². The fourth-order valence-corrected chi connectivity index (χ4v) is 51.0. The van der Waals surface area contributed by atoms with Gasteiger partial charge in [0.15, 0.2) is 0 Å². The van der Waals surface area contributed by atoms with Gasteiger partial charge in [0, 0.05) is 0 Å². The zero-order chi connectivity index (χ0) is 29.5. The van der Waals surface area contributed by atoms with Crippen LogP contribution in [0.2, 0.25) is 4.89 Å². The molecule has 0 unspecified atom stereocenters. The van der Waals surface area contributed by atoms with E-state index in [1.807, 2.05) is 0 Å². The monoisotopic (exact) mass is 691 g/mol. The van der Waals surface area contributed by atoms with E-state index in [2.05, 4.69) is 182 Å². The summed E-state index contributed by atoms with van der Waals surface area (Å²) in [6.45, 7) is 0. The third-order valence-electron chi connectivity index (χ3n) is 7.70. The third-order valence-corrected chi connectivity index (χ3v) is 42.7. The van der Waals surface area contributed by atoms with Crippen LogP contribution in [0.4, 0.5) is 0 Å². The summed E-state index contributed by atoms with van der Waals surface area (Å²) in [6, 6.07) is 65.1. The Hall–Kier alpha value is -3.69. The Morgan fingerprint density at radius 3 is 0.744 bits per heavy atom. The molecule has 2 nitrogen and oxygen atoms in total. The molecule has 0 atom stereocenters. The maximum absolute atomic E-state index is 13.4. The molecular weight excluding hydrogens is 657 g/mol. The molecule has 0 aliphatic rings. The number of hydrogen-bond donors (Lipinski definition) is 1. The van der Waals surface area contributed by atoms with Crippen LogP contribution in [0.15, 0.2) is 182 Å². The summed E-state index contributed by atoms with van der Waals surface area (Å²) < 4.78 is 0. The summed E-state index contributed by atoms with van der Waals surface area (Å²) in [5.41, 5.74) is -6.00. The molecule has 0 bridgehead atoms. The Bertz CT molecular complexity index is 1430. The van der Waals surface area contributed by atoms with Crippen LogP contribution in [0.1, 0.15) is 0 Å². The Morgan fingerprint density at radius 1 is 0.395 bits per heavy atom. The van der Waals surface area contributed by atoms with Crippen molar-refractivity contribution in [2.45, 2.75) is 4.89 Å². The first-order valence-corrected chi connectivity index (χ1v) is 23.7. The van der Waals surface area contributed by atoms with Gasteiger partial charge in [-0.3, -0.25) is 0 Å². The van der Waals surface area contributed by atoms with Gasteiger partial charge in [0.1, 0.15) is 0 Å². The van der Waals surface area contributed by atoms with Crippen molar-refractivity contribution in [1.82, 2.24) is 0 Å². The molecule has 6 aromatic rings. The van der Waals surface area contributed by atoms with Gasteiger partial charge in [0.2, 0.25) is 0 Å². The first-order chi connectivity index (χ1) is 21.2. The molecule has 0 spiro atoms. The van der Waals surface area contributed by atoms with Gasteiger partial charge in [0.25, 0.3) is 0 Å². The second-order valence-corrected chi connectivity index (χ2v) is 31.6. The summed E-state index contributed by atoms with van der Waals surface area (Å²) in [5.74, 6) is -0.722. The molecule has 5 heteroatoms. The summed E-state index contributed by atoms with van der Waals surface area (Å²) in [7, 11) is 0. The first kappa shape index (κ1) is 29.4. The van der Waals surface area contributed by atoms with Gasteiger partial charge in [-0.15, -0.1) is 0 Å². The van der Waals surface area contributed by atoms with E-state index in [1.54, 1.807) is 0 Å². The summed E-state index contributed by atoms with van der Waals surface area (Å²) in [4.78, 5) is 13.5. The number of aliphatic carboxylic acids is 1. The van der Waals surface area contributed by atoms with Gasteiger partial charge >= 0.3 is 261 Å². The van der Waals surface area contributed by atoms with Crippen LogP contribution in [-0.4, -0.2) is 11.1 Å². The number of carboxylic acids is 1. The van der Waals surface area contributed by atoms with Crippen molar-refractivity contribution in [1.29, 1.82) is 0 Å². The van der Waals surface area contributed by atoms with Crippen molar-refractivity contribution in [3.05, 3.63) is 182 Å². The van der Waals surface area contributed by atoms with Crippen molar-refractivity contribution in [3.63, 3.8) is 0 Å². The van der Waals surface area contributed by atoms with E-state index in [0.717, 1.165) is 0 Å². The minimum atomic E-state index is -3.00. The molecule has 0 radical (unpaired) electrons. The van der Waals surface area contributed by atoms with Crippen LogP contribution in [0.5, 0.6) is 0 Å². The molecule has 0 saturated heterocycles. The molecule has 6 aromatic carbocycles. The number of rotatable bonds is 10. The van der Waals surface area contributed by atoms with E-state index in [4.69, 9.17) is 0 Å². The fraction of sp³-hybridized carbons (Fsp3) is 0.0263. The van der Waals surface area contributed by atoms with Crippen LogP contribution in [0.3, 0.4) is 0 Å². The molecule has 6 rings (SSSR count). The molecule has 0 saturated carbocycles. The molecule has 43 heavy (non-hydrogen) atoms. The minimum absolute atomic E-state index is 0.154. The van der Waals surface area contributed by atoms with Gasteiger partial charge in [-0.25, -0.2) is 0 Å². The van der Waals surface area contributed by atoms with E-state index >= 15 is 0 Å². The molecule has 0 amide bonds. The topological polar surface area (TPSA) is 37.3 Å². The van der Waals surface area contributed by atoms with Crippen LogP contribution >= 0.6 is 10.9 Å². The molecule has 0 aliphatic heterocycles. The SMILES string of the molecule is O=C(O)[CH2][Pd]([PH](c1ccccc1)(c1ccccc1)c1ccccc1)[PH](c1ccccc1)(c1ccccc1)c1ccccc1. The summed E-state index contributed by atoms with van der Waals surface area (Å²) in [5, 5.41) is 18.6. The van der Waals surface area contributed by atoms with Gasteiger partial charge in [-0.1, -0.05) is 0 Å². The predicted octanol–water partition coefficient (Wildman–Crippen LogP) is 6.39. The van der Waals surface area contributed by atoms with Crippen molar-refractivity contribution < 1.29 is 25.7 Å². The number of carboxylic acid groups (broad SMARTS) is 1.